The standard InChI is InChI=1S/C14H17FO2/c15-12-7-5-10(6-8-12)9-13(14(16)17)11-3-1-2-4-11/h5-8,11,13H,1-4,9H2,(H,16,17). The molecule has 0 bridgehead atoms. The molecule has 0 saturated heterocycles. The largest absolute Gasteiger partial charge is 0.481 e. The van der Waals surface area contributed by atoms with Crippen LogP contribution in [0.2, 0.25) is 0 Å². The van der Waals surface area contributed by atoms with Crippen LogP contribution in [-0.4, -0.2) is 11.1 Å². The van der Waals surface area contributed by atoms with E-state index in [1.807, 2.05) is 0 Å². The van der Waals surface area contributed by atoms with Crippen LogP contribution in [0, 0.1) is 17.7 Å². The first-order chi connectivity index (χ1) is 8.16. The minimum Gasteiger partial charge on any atom is -0.481 e. The molecule has 0 aromatic heterocycles. The van der Waals surface area contributed by atoms with Crippen LogP contribution in [0.25, 0.3) is 0 Å². The first-order valence-corrected chi connectivity index (χ1v) is 6.14. The Bertz CT molecular complexity index is 380. The van der Waals surface area contributed by atoms with Gasteiger partial charge in [-0.05, 0) is 42.9 Å². The molecular weight excluding hydrogens is 219 g/mol. The Morgan fingerprint density at radius 1 is 1.29 bits per heavy atom. The van der Waals surface area contributed by atoms with Crippen LogP contribution in [0.3, 0.4) is 0 Å². The van der Waals surface area contributed by atoms with Gasteiger partial charge in [0.1, 0.15) is 5.82 Å². The average Bonchev–Trinajstić information content (AvgIpc) is 2.81. The molecule has 1 saturated carbocycles. The molecule has 0 heterocycles. The predicted octanol–water partition coefficient (Wildman–Crippen LogP) is 3.26. The number of benzene rings is 1. The molecule has 1 aliphatic carbocycles. The monoisotopic (exact) mass is 236 g/mol. The van der Waals surface area contributed by atoms with Gasteiger partial charge in [-0.3, -0.25) is 4.79 Å². The van der Waals surface area contributed by atoms with Crippen LogP contribution in [0.5, 0.6) is 0 Å². The number of carbonyl (C=O) groups is 1. The van der Waals surface area contributed by atoms with E-state index in [0.717, 1.165) is 31.2 Å². The minimum absolute atomic E-state index is 0.276. The van der Waals surface area contributed by atoms with Crippen LogP contribution in [0.1, 0.15) is 31.2 Å². The number of aliphatic carboxylic acids is 1. The third-order valence-electron chi connectivity index (χ3n) is 3.65. The summed E-state index contributed by atoms with van der Waals surface area (Å²) in [4.78, 5) is 11.3. The fraction of sp³-hybridized carbons (Fsp3) is 0.500. The Kier molecular flexibility index (Phi) is 3.77. The summed E-state index contributed by atoms with van der Waals surface area (Å²) in [6, 6.07) is 6.15. The van der Waals surface area contributed by atoms with Crippen LogP contribution in [-0.2, 0) is 11.2 Å². The second-order valence-corrected chi connectivity index (χ2v) is 4.82. The van der Waals surface area contributed by atoms with E-state index in [1.54, 1.807) is 12.1 Å². The lowest BCUT2D eigenvalue weighted by atomic mass is 9.86. The molecule has 3 heteroatoms. The summed E-state index contributed by atoms with van der Waals surface area (Å²) in [5.41, 5.74) is 0.908. The first-order valence-electron chi connectivity index (χ1n) is 6.14. The summed E-state index contributed by atoms with van der Waals surface area (Å²) >= 11 is 0. The predicted molar refractivity (Wildman–Crippen MR) is 63.2 cm³/mol. The van der Waals surface area contributed by atoms with Crippen molar-refractivity contribution in [2.45, 2.75) is 32.1 Å². The lowest BCUT2D eigenvalue weighted by Gasteiger charge is -2.19. The minimum atomic E-state index is -0.721. The zero-order valence-corrected chi connectivity index (χ0v) is 9.73. The van der Waals surface area contributed by atoms with E-state index in [2.05, 4.69) is 0 Å². The van der Waals surface area contributed by atoms with Gasteiger partial charge in [0.15, 0.2) is 0 Å². The molecule has 17 heavy (non-hydrogen) atoms. The summed E-state index contributed by atoms with van der Waals surface area (Å²) in [7, 11) is 0. The molecule has 1 aliphatic rings. The Labute approximate surface area is 100 Å². The van der Waals surface area contributed by atoms with E-state index in [-0.39, 0.29) is 17.7 Å². The van der Waals surface area contributed by atoms with Crippen LogP contribution in [0.4, 0.5) is 4.39 Å². The average molecular weight is 236 g/mol. The molecule has 0 aliphatic heterocycles. The van der Waals surface area contributed by atoms with Crippen molar-refractivity contribution in [1.29, 1.82) is 0 Å². The fourth-order valence-electron chi connectivity index (χ4n) is 2.69. The number of rotatable bonds is 4. The SMILES string of the molecule is O=C(O)C(Cc1ccc(F)cc1)C1CCCC1. The maximum Gasteiger partial charge on any atom is 0.307 e. The molecule has 92 valence electrons. The van der Waals surface area contributed by atoms with Gasteiger partial charge in [0.25, 0.3) is 0 Å². The molecular formula is C14H17FO2. The zero-order chi connectivity index (χ0) is 12.3. The summed E-state index contributed by atoms with van der Waals surface area (Å²) in [6.45, 7) is 0. The molecule has 1 aromatic rings. The van der Waals surface area contributed by atoms with Crippen molar-refractivity contribution in [2.75, 3.05) is 0 Å². The lowest BCUT2D eigenvalue weighted by Crippen LogP contribution is -2.24. The molecule has 2 rings (SSSR count). The highest BCUT2D eigenvalue weighted by molar-refractivity contribution is 5.70. The molecule has 2 nitrogen and oxygen atoms in total. The van der Waals surface area contributed by atoms with Gasteiger partial charge in [0.05, 0.1) is 5.92 Å². The van der Waals surface area contributed by atoms with Crippen molar-refractivity contribution in [2.24, 2.45) is 11.8 Å². The fourth-order valence-corrected chi connectivity index (χ4v) is 2.69. The molecule has 1 atom stereocenters. The zero-order valence-electron chi connectivity index (χ0n) is 9.73. The van der Waals surface area contributed by atoms with Crippen molar-refractivity contribution >= 4 is 5.97 Å². The van der Waals surface area contributed by atoms with Gasteiger partial charge in [0, 0.05) is 0 Å². The molecule has 1 aromatic carbocycles. The summed E-state index contributed by atoms with van der Waals surface area (Å²) in [5, 5.41) is 9.28. The number of halogens is 1. The van der Waals surface area contributed by atoms with Crippen LogP contribution in [0.15, 0.2) is 24.3 Å². The van der Waals surface area contributed by atoms with Gasteiger partial charge < -0.3 is 5.11 Å². The van der Waals surface area contributed by atoms with E-state index in [0.29, 0.717) is 6.42 Å². The van der Waals surface area contributed by atoms with Gasteiger partial charge >= 0.3 is 5.97 Å². The van der Waals surface area contributed by atoms with Gasteiger partial charge in [-0.2, -0.15) is 0 Å². The second-order valence-electron chi connectivity index (χ2n) is 4.82. The van der Waals surface area contributed by atoms with Crippen molar-refractivity contribution in [3.05, 3.63) is 35.6 Å². The molecule has 1 N–H and O–H groups in total. The van der Waals surface area contributed by atoms with Crippen molar-refractivity contribution < 1.29 is 14.3 Å². The maximum atomic E-state index is 12.8. The topological polar surface area (TPSA) is 37.3 Å². The van der Waals surface area contributed by atoms with E-state index in [9.17, 15) is 14.3 Å². The third kappa shape index (κ3) is 3.05. The normalized spacial score (nSPS) is 18.2. The summed E-state index contributed by atoms with van der Waals surface area (Å²) < 4.78 is 12.8. The molecule has 0 amide bonds. The second kappa shape index (κ2) is 5.30. The highest BCUT2D eigenvalue weighted by atomic mass is 19.1. The Morgan fingerprint density at radius 2 is 1.88 bits per heavy atom. The number of hydrogen-bond acceptors (Lipinski definition) is 1. The number of carboxylic acid groups (broad SMARTS) is 1. The highest BCUT2D eigenvalue weighted by Gasteiger charge is 2.30. The number of carboxylic acids is 1. The maximum absolute atomic E-state index is 12.8. The molecule has 0 spiro atoms. The Morgan fingerprint density at radius 3 is 2.41 bits per heavy atom. The molecule has 1 unspecified atom stereocenters. The van der Waals surface area contributed by atoms with Gasteiger partial charge in [-0.1, -0.05) is 25.0 Å². The smallest absolute Gasteiger partial charge is 0.307 e. The van der Waals surface area contributed by atoms with E-state index >= 15 is 0 Å². The molecule has 1 fully saturated rings. The molecule has 0 radical (unpaired) electrons. The van der Waals surface area contributed by atoms with Gasteiger partial charge in [-0.25, -0.2) is 4.39 Å². The first kappa shape index (κ1) is 12.1. The quantitative estimate of drug-likeness (QED) is 0.871. The Hall–Kier alpha value is -1.38. The summed E-state index contributed by atoms with van der Waals surface area (Å²) in [5.74, 6) is -1.02. The van der Waals surface area contributed by atoms with E-state index < -0.39 is 5.97 Å². The van der Waals surface area contributed by atoms with Crippen molar-refractivity contribution in [3.8, 4) is 0 Å². The lowest BCUT2D eigenvalue weighted by molar-refractivity contribution is -0.143. The third-order valence-corrected chi connectivity index (χ3v) is 3.65. The van der Waals surface area contributed by atoms with E-state index in [1.165, 1.54) is 12.1 Å². The van der Waals surface area contributed by atoms with Gasteiger partial charge in [-0.15, -0.1) is 0 Å². The van der Waals surface area contributed by atoms with Crippen molar-refractivity contribution in [3.63, 3.8) is 0 Å². The van der Waals surface area contributed by atoms with Crippen LogP contribution < -0.4 is 0 Å². The Balaban J connectivity index is 2.06. The van der Waals surface area contributed by atoms with E-state index in [4.69, 9.17) is 0 Å². The van der Waals surface area contributed by atoms with Crippen LogP contribution >= 0.6 is 0 Å². The highest BCUT2D eigenvalue weighted by Crippen LogP contribution is 2.33. The van der Waals surface area contributed by atoms with Gasteiger partial charge in [0.2, 0.25) is 0 Å². The number of hydrogen-bond donors (Lipinski definition) is 1. The summed E-state index contributed by atoms with van der Waals surface area (Å²) in [6.07, 6.45) is 4.81. The van der Waals surface area contributed by atoms with Crippen molar-refractivity contribution in [1.82, 2.24) is 0 Å².